The lowest BCUT2D eigenvalue weighted by atomic mass is 9.94. The monoisotopic (exact) mass is 377 g/mol. The maximum Gasteiger partial charge on any atom is 0.236 e. The number of hydrogen-bond donors (Lipinski definition) is 1. The van der Waals surface area contributed by atoms with Gasteiger partial charge in [0.1, 0.15) is 6.54 Å². The van der Waals surface area contributed by atoms with Gasteiger partial charge in [-0.05, 0) is 31.0 Å². The molecule has 0 spiro atoms. The van der Waals surface area contributed by atoms with Crippen LogP contribution in [0.4, 0.5) is 5.69 Å². The van der Waals surface area contributed by atoms with Crippen molar-refractivity contribution in [3.8, 4) is 0 Å². The lowest BCUT2D eigenvalue weighted by Crippen LogP contribution is -2.36. The Morgan fingerprint density at radius 2 is 1.79 bits per heavy atom. The molecule has 1 atom stereocenters. The average Bonchev–Trinajstić information content (AvgIpc) is 3.16. The lowest BCUT2D eigenvalue weighted by molar-refractivity contribution is -0.125. The van der Waals surface area contributed by atoms with Crippen LogP contribution in [0.25, 0.3) is 0 Å². The minimum absolute atomic E-state index is 0.125. The van der Waals surface area contributed by atoms with E-state index in [-0.39, 0.29) is 12.5 Å². The van der Waals surface area contributed by atoms with E-state index in [0.717, 1.165) is 11.3 Å². The van der Waals surface area contributed by atoms with Gasteiger partial charge in [-0.1, -0.05) is 48.5 Å². The fourth-order valence-corrected chi connectivity index (χ4v) is 2.67. The third-order valence-electron chi connectivity index (χ3n) is 4.18. The highest BCUT2D eigenvalue weighted by Gasteiger charge is 2.29. The van der Waals surface area contributed by atoms with E-state index in [0.29, 0.717) is 18.2 Å². The molecule has 0 radical (unpaired) electrons. The van der Waals surface area contributed by atoms with Crippen molar-refractivity contribution in [2.75, 3.05) is 0 Å². The first kappa shape index (κ1) is 19.4. The van der Waals surface area contributed by atoms with Gasteiger partial charge in [0, 0.05) is 6.92 Å². The van der Waals surface area contributed by atoms with Crippen LogP contribution in [-0.2, 0) is 23.3 Å². The molecule has 0 bridgehead atoms. The largest absolute Gasteiger partial charge is 0.421 e. The number of benzene rings is 2. The third-order valence-corrected chi connectivity index (χ3v) is 4.18. The topological polar surface area (TPSA) is 97.6 Å². The van der Waals surface area contributed by atoms with E-state index in [1.165, 1.54) is 18.2 Å². The maximum atomic E-state index is 11.9. The molecule has 0 saturated carbocycles. The molecular formula is C21H23N5O2. The van der Waals surface area contributed by atoms with Gasteiger partial charge in [0.15, 0.2) is 0 Å². The van der Waals surface area contributed by atoms with E-state index in [1.54, 1.807) is 0 Å². The number of aliphatic imine (C=N–C) groups is 1. The first-order valence-corrected chi connectivity index (χ1v) is 8.96. The van der Waals surface area contributed by atoms with E-state index in [4.69, 9.17) is 10.2 Å². The molecule has 1 heterocycles. The Balaban J connectivity index is 1.71. The molecule has 2 aromatic carbocycles. The van der Waals surface area contributed by atoms with Crippen LogP contribution >= 0.6 is 0 Å². The molecule has 7 nitrogen and oxygen atoms in total. The summed E-state index contributed by atoms with van der Waals surface area (Å²) in [4.78, 5) is 17.6. The second-order valence-corrected chi connectivity index (χ2v) is 6.81. The van der Waals surface area contributed by atoms with Crippen molar-refractivity contribution in [1.82, 2.24) is 15.1 Å². The van der Waals surface area contributed by atoms with Crippen molar-refractivity contribution in [2.45, 2.75) is 32.4 Å². The first-order valence-electron chi connectivity index (χ1n) is 8.96. The van der Waals surface area contributed by atoms with Crippen LogP contribution in [-0.4, -0.2) is 27.3 Å². The number of amides is 1. The van der Waals surface area contributed by atoms with Crippen LogP contribution in [0.5, 0.6) is 0 Å². The fraction of sp³-hybridized carbons (Fsp3) is 0.238. The Morgan fingerprint density at radius 3 is 2.43 bits per heavy atom. The quantitative estimate of drug-likeness (QED) is 0.504. The van der Waals surface area contributed by atoms with Crippen LogP contribution in [0.3, 0.4) is 0 Å². The van der Waals surface area contributed by atoms with Gasteiger partial charge < -0.3 is 10.2 Å². The summed E-state index contributed by atoms with van der Waals surface area (Å²) in [5, 5.41) is 8.14. The molecule has 7 heteroatoms. The van der Waals surface area contributed by atoms with E-state index in [9.17, 15) is 4.79 Å². The zero-order valence-electron chi connectivity index (χ0n) is 15.9. The highest BCUT2D eigenvalue weighted by Crippen LogP contribution is 2.22. The summed E-state index contributed by atoms with van der Waals surface area (Å²) in [6.45, 7) is 3.42. The summed E-state index contributed by atoms with van der Waals surface area (Å²) in [5.74, 6) is 0.448. The molecule has 1 aromatic heterocycles. The molecule has 0 aliphatic carbocycles. The standard InChI is InChI=1S/C21H23N5O2/c1-16(27)26(15-23-18-11-7-4-8-12-18)14-19-24-25-20(28-19)21(2,22)13-17-9-5-3-6-10-17/h3-12,15H,13-14,22H2,1-2H3/b23-15-/t21-/m1/s1. The van der Waals surface area contributed by atoms with Gasteiger partial charge in [0.05, 0.1) is 17.6 Å². The van der Waals surface area contributed by atoms with Crippen LogP contribution < -0.4 is 5.73 Å². The van der Waals surface area contributed by atoms with Crippen LogP contribution in [0.15, 0.2) is 70.1 Å². The minimum atomic E-state index is -0.814. The number of aromatic nitrogens is 2. The smallest absolute Gasteiger partial charge is 0.236 e. The number of para-hydroxylation sites is 1. The average molecular weight is 377 g/mol. The summed E-state index contributed by atoms with van der Waals surface area (Å²) in [5.41, 5.74) is 7.42. The van der Waals surface area contributed by atoms with Crippen molar-refractivity contribution >= 4 is 17.9 Å². The maximum absolute atomic E-state index is 11.9. The normalized spacial score (nSPS) is 13.4. The summed E-state index contributed by atoms with van der Waals surface area (Å²) < 4.78 is 5.75. The Labute approximate surface area is 163 Å². The van der Waals surface area contributed by atoms with E-state index in [2.05, 4.69) is 15.2 Å². The second kappa shape index (κ2) is 8.58. The molecule has 1 amide bonds. The Hall–Kier alpha value is -3.32. The van der Waals surface area contributed by atoms with E-state index < -0.39 is 5.54 Å². The van der Waals surface area contributed by atoms with Gasteiger partial charge in [0.2, 0.25) is 17.7 Å². The van der Waals surface area contributed by atoms with Gasteiger partial charge in [0.25, 0.3) is 0 Å². The van der Waals surface area contributed by atoms with Gasteiger partial charge >= 0.3 is 0 Å². The first-order chi connectivity index (χ1) is 13.4. The summed E-state index contributed by atoms with van der Waals surface area (Å²) in [7, 11) is 0. The third kappa shape index (κ3) is 5.11. The molecular weight excluding hydrogens is 354 g/mol. The predicted molar refractivity (Wildman–Crippen MR) is 107 cm³/mol. The molecule has 28 heavy (non-hydrogen) atoms. The minimum Gasteiger partial charge on any atom is -0.421 e. The Morgan fingerprint density at radius 1 is 1.14 bits per heavy atom. The van der Waals surface area contributed by atoms with Gasteiger partial charge in [-0.15, -0.1) is 10.2 Å². The summed E-state index contributed by atoms with van der Waals surface area (Å²) >= 11 is 0. The summed E-state index contributed by atoms with van der Waals surface area (Å²) in [6.07, 6.45) is 2.02. The van der Waals surface area contributed by atoms with Crippen LogP contribution in [0, 0.1) is 0 Å². The van der Waals surface area contributed by atoms with Gasteiger partial charge in [-0.25, -0.2) is 4.99 Å². The lowest BCUT2D eigenvalue weighted by Gasteiger charge is -2.20. The van der Waals surface area contributed by atoms with Crippen molar-refractivity contribution in [2.24, 2.45) is 10.7 Å². The molecule has 0 fully saturated rings. The molecule has 144 valence electrons. The molecule has 2 N–H and O–H groups in total. The SMILES string of the molecule is CC(=O)N(/C=N\c1ccccc1)Cc1nnc([C@](C)(N)Cc2ccccc2)o1. The van der Waals surface area contributed by atoms with Gasteiger partial charge in [-0.2, -0.15) is 0 Å². The molecule has 0 aliphatic heterocycles. The fourth-order valence-electron chi connectivity index (χ4n) is 2.67. The summed E-state index contributed by atoms with van der Waals surface area (Å²) in [6, 6.07) is 19.2. The highest BCUT2D eigenvalue weighted by molar-refractivity contribution is 5.86. The van der Waals surface area contributed by atoms with Crippen molar-refractivity contribution in [3.05, 3.63) is 78.0 Å². The number of hydrogen-bond acceptors (Lipinski definition) is 6. The van der Waals surface area contributed by atoms with E-state index in [1.807, 2.05) is 67.6 Å². The Kier molecular flexibility index (Phi) is 5.96. The number of carbonyl (C=O) groups is 1. The zero-order chi connectivity index (χ0) is 20.0. The molecule has 3 rings (SSSR count). The van der Waals surface area contributed by atoms with Gasteiger partial charge in [-0.3, -0.25) is 9.69 Å². The zero-order valence-corrected chi connectivity index (χ0v) is 15.9. The predicted octanol–water partition coefficient (Wildman–Crippen LogP) is 3.19. The number of nitrogens with zero attached hydrogens (tertiary/aromatic N) is 4. The number of rotatable bonds is 7. The second-order valence-electron chi connectivity index (χ2n) is 6.81. The van der Waals surface area contributed by atoms with Crippen LogP contribution in [0.2, 0.25) is 0 Å². The molecule has 0 unspecified atom stereocenters. The molecule has 0 saturated heterocycles. The number of nitrogens with two attached hydrogens (primary N) is 1. The van der Waals surface area contributed by atoms with Crippen molar-refractivity contribution in [3.63, 3.8) is 0 Å². The van der Waals surface area contributed by atoms with Crippen molar-refractivity contribution in [1.29, 1.82) is 0 Å². The number of carbonyl (C=O) groups excluding carboxylic acids is 1. The Bertz CT molecular complexity index is 936. The highest BCUT2D eigenvalue weighted by atomic mass is 16.4. The molecule has 3 aromatic rings. The molecule has 0 aliphatic rings. The van der Waals surface area contributed by atoms with Crippen LogP contribution in [0.1, 0.15) is 31.2 Å². The van der Waals surface area contributed by atoms with E-state index >= 15 is 0 Å². The van der Waals surface area contributed by atoms with Crippen molar-refractivity contribution < 1.29 is 9.21 Å².